The molecule has 150 valence electrons. The molecule has 6 heteroatoms. The van der Waals surface area contributed by atoms with Gasteiger partial charge in [0, 0.05) is 5.56 Å². The van der Waals surface area contributed by atoms with E-state index in [0.29, 0.717) is 33.2 Å². The van der Waals surface area contributed by atoms with E-state index >= 15 is 0 Å². The molecule has 0 aromatic heterocycles. The van der Waals surface area contributed by atoms with E-state index in [1.54, 1.807) is 61.7 Å². The number of esters is 1. The highest BCUT2D eigenvalue weighted by atomic mass is 35.5. The highest BCUT2D eigenvalue weighted by Crippen LogP contribution is 2.32. The predicted octanol–water partition coefficient (Wildman–Crippen LogP) is 5.64. The fourth-order valence-corrected chi connectivity index (χ4v) is 3.06. The summed E-state index contributed by atoms with van der Waals surface area (Å²) in [5.41, 5.74) is 2.06. The van der Waals surface area contributed by atoms with Gasteiger partial charge in [-0.05, 0) is 48.0 Å². The van der Waals surface area contributed by atoms with Crippen molar-refractivity contribution in [2.75, 3.05) is 14.2 Å². The molecule has 0 aliphatic heterocycles. The second-order valence-corrected chi connectivity index (χ2v) is 6.56. The Bertz CT molecular complexity index is 1150. The van der Waals surface area contributed by atoms with Crippen molar-refractivity contribution >= 4 is 29.2 Å². The predicted molar refractivity (Wildman–Crippen MR) is 116 cm³/mol. The normalized spacial score (nSPS) is 10.8. The Morgan fingerprint density at radius 1 is 0.900 bits per heavy atom. The number of nitrogens with zero attached hydrogens (tertiary/aromatic N) is 1. The van der Waals surface area contributed by atoms with Crippen LogP contribution >= 0.6 is 11.6 Å². The van der Waals surface area contributed by atoms with Crippen LogP contribution in [0.3, 0.4) is 0 Å². The first-order chi connectivity index (χ1) is 14.6. The molecule has 0 heterocycles. The number of ether oxygens (including phenoxy) is 3. The zero-order chi connectivity index (χ0) is 21.5. The number of nitriles is 1. The zero-order valence-corrected chi connectivity index (χ0v) is 17.1. The van der Waals surface area contributed by atoms with E-state index in [2.05, 4.69) is 6.07 Å². The van der Waals surface area contributed by atoms with Crippen molar-refractivity contribution in [1.82, 2.24) is 0 Å². The molecule has 0 radical (unpaired) electrons. The van der Waals surface area contributed by atoms with E-state index in [9.17, 15) is 10.1 Å². The number of rotatable bonds is 6. The number of hydrogen-bond acceptors (Lipinski definition) is 5. The Morgan fingerprint density at radius 3 is 2.23 bits per heavy atom. The molecule has 0 aliphatic rings. The lowest BCUT2D eigenvalue weighted by Crippen LogP contribution is -2.09. The number of benzene rings is 3. The van der Waals surface area contributed by atoms with Gasteiger partial charge >= 0.3 is 5.97 Å². The van der Waals surface area contributed by atoms with Gasteiger partial charge in [-0.25, -0.2) is 4.79 Å². The SMILES string of the molecule is COc1cc(/C=C(/C#N)c2ccccc2OC)ccc1OC(=O)c1ccccc1Cl. The van der Waals surface area contributed by atoms with Gasteiger partial charge in [0.1, 0.15) is 5.75 Å². The maximum absolute atomic E-state index is 12.4. The minimum atomic E-state index is -0.589. The largest absolute Gasteiger partial charge is 0.496 e. The number of halogens is 1. The molecule has 0 spiro atoms. The molecule has 5 nitrogen and oxygen atoms in total. The Balaban J connectivity index is 1.92. The first kappa shape index (κ1) is 21.0. The molecular weight excluding hydrogens is 402 g/mol. The van der Waals surface area contributed by atoms with Gasteiger partial charge < -0.3 is 14.2 Å². The quantitative estimate of drug-likeness (QED) is 0.224. The second kappa shape index (κ2) is 9.64. The van der Waals surface area contributed by atoms with Crippen molar-refractivity contribution in [3.63, 3.8) is 0 Å². The average molecular weight is 420 g/mol. The van der Waals surface area contributed by atoms with Crippen LogP contribution in [0.5, 0.6) is 17.2 Å². The molecule has 0 atom stereocenters. The molecule has 0 aliphatic carbocycles. The van der Waals surface area contributed by atoms with E-state index in [0.717, 1.165) is 0 Å². The summed E-state index contributed by atoms with van der Waals surface area (Å²) >= 11 is 6.06. The summed E-state index contributed by atoms with van der Waals surface area (Å²) in [6, 6.07) is 21.1. The first-order valence-corrected chi connectivity index (χ1v) is 9.35. The van der Waals surface area contributed by atoms with Crippen LogP contribution in [0.1, 0.15) is 21.5 Å². The van der Waals surface area contributed by atoms with E-state index in [-0.39, 0.29) is 11.3 Å². The van der Waals surface area contributed by atoms with Gasteiger partial charge in [-0.1, -0.05) is 41.9 Å². The molecule has 3 aromatic rings. The van der Waals surface area contributed by atoms with Crippen LogP contribution in [-0.4, -0.2) is 20.2 Å². The summed E-state index contributed by atoms with van der Waals surface area (Å²) in [4.78, 5) is 12.4. The zero-order valence-electron chi connectivity index (χ0n) is 16.4. The van der Waals surface area contributed by atoms with Crippen LogP contribution < -0.4 is 14.2 Å². The van der Waals surface area contributed by atoms with Crippen LogP contribution in [0.25, 0.3) is 11.6 Å². The first-order valence-electron chi connectivity index (χ1n) is 8.97. The minimum absolute atomic E-state index is 0.246. The number of methoxy groups -OCH3 is 2. The Morgan fingerprint density at radius 2 is 1.57 bits per heavy atom. The lowest BCUT2D eigenvalue weighted by molar-refractivity contribution is 0.0730. The smallest absolute Gasteiger partial charge is 0.345 e. The summed E-state index contributed by atoms with van der Waals surface area (Å²) in [6.45, 7) is 0. The summed E-state index contributed by atoms with van der Waals surface area (Å²) in [5.74, 6) is 0.605. The van der Waals surface area contributed by atoms with Gasteiger partial charge in [0.15, 0.2) is 11.5 Å². The maximum Gasteiger partial charge on any atom is 0.345 e. The summed E-state index contributed by atoms with van der Waals surface area (Å²) in [6.07, 6.45) is 1.71. The van der Waals surface area contributed by atoms with Crippen LogP contribution in [0.2, 0.25) is 5.02 Å². The van der Waals surface area contributed by atoms with E-state index in [1.165, 1.54) is 7.11 Å². The number of carbonyl (C=O) groups is 1. The highest BCUT2D eigenvalue weighted by Gasteiger charge is 2.16. The van der Waals surface area contributed by atoms with Crippen molar-refractivity contribution in [1.29, 1.82) is 5.26 Å². The van der Waals surface area contributed by atoms with Crippen molar-refractivity contribution in [3.8, 4) is 23.3 Å². The number of para-hydroxylation sites is 1. The van der Waals surface area contributed by atoms with E-state index in [1.807, 2.05) is 18.2 Å². The third-order valence-corrected chi connectivity index (χ3v) is 4.64. The van der Waals surface area contributed by atoms with E-state index < -0.39 is 5.97 Å². The average Bonchev–Trinajstić information content (AvgIpc) is 2.78. The van der Waals surface area contributed by atoms with Crippen LogP contribution in [-0.2, 0) is 0 Å². The standard InChI is InChI=1S/C24H18ClNO4/c1-28-21-10-6-4-7-18(21)17(15-26)13-16-11-12-22(23(14-16)29-2)30-24(27)19-8-3-5-9-20(19)25/h3-14H,1-2H3/b17-13-. The molecule has 0 fully saturated rings. The Hall–Kier alpha value is -3.75. The molecule has 3 rings (SSSR count). The number of hydrogen-bond donors (Lipinski definition) is 0. The number of allylic oxidation sites excluding steroid dienone is 1. The summed E-state index contributed by atoms with van der Waals surface area (Å²) in [5, 5.41) is 9.93. The van der Waals surface area contributed by atoms with Gasteiger partial charge in [0.05, 0.1) is 36.4 Å². The fraction of sp³-hybridized carbons (Fsp3) is 0.0833. The third-order valence-electron chi connectivity index (χ3n) is 4.31. The fourth-order valence-electron chi connectivity index (χ4n) is 2.84. The lowest BCUT2D eigenvalue weighted by Gasteiger charge is -2.11. The van der Waals surface area contributed by atoms with Crippen molar-refractivity contribution in [3.05, 3.63) is 88.4 Å². The van der Waals surface area contributed by atoms with Gasteiger partial charge in [-0.2, -0.15) is 5.26 Å². The van der Waals surface area contributed by atoms with Crippen molar-refractivity contribution < 1.29 is 19.0 Å². The number of carbonyl (C=O) groups excluding carboxylic acids is 1. The van der Waals surface area contributed by atoms with Crippen LogP contribution in [0, 0.1) is 11.3 Å². The highest BCUT2D eigenvalue weighted by molar-refractivity contribution is 6.33. The van der Waals surface area contributed by atoms with Crippen molar-refractivity contribution in [2.45, 2.75) is 0 Å². The van der Waals surface area contributed by atoms with Crippen LogP contribution in [0.4, 0.5) is 0 Å². The van der Waals surface area contributed by atoms with Gasteiger partial charge in [0.25, 0.3) is 0 Å². The van der Waals surface area contributed by atoms with Gasteiger partial charge in [-0.3, -0.25) is 0 Å². The maximum atomic E-state index is 12.4. The topological polar surface area (TPSA) is 68.6 Å². The summed E-state index contributed by atoms with van der Waals surface area (Å²) < 4.78 is 16.2. The molecule has 0 saturated heterocycles. The second-order valence-electron chi connectivity index (χ2n) is 6.15. The minimum Gasteiger partial charge on any atom is -0.496 e. The van der Waals surface area contributed by atoms with Crippen molar-refractivity contribution in [2.24, 2.45) is 0 Å². The molecule has 0 N–H and O–H groups in total. The molecule has 0 saturated carbocycles. The Kier molecular flexibility index (Phi) is 6.74. The third kappa shape index (κ3) is 4.62. The lowest BCUT2D eigenvalue weighted by atomic mass is 10.0. The molecule has 30 heavy (non-hydrogen) atoms. The molecule has 3 aromatic carbocycles. The monoisotopic (exact) mass is 419 g/mol. The van der Waals surface area contributed by atoms with E-state index in [4.69, 9.17) is 25.8 Å². The van der Waals surface area contributed by atoms with Gasteiger partial charge in [-0.15, -0.1) is 0 Å². The Labute approximate surface area is 179 Å². The van der Waals surface area contributed by atoms with Gasteiger partial charge in [0.2, 0.25) is 0 Å². The van der Waals surface area contributed by atoms with Crippen LogP contribution in [0.15, 0.2) is 66.7 Å². The molecule has 0 unspecified atom stereocenters. The molecule has 0 bridgehead atoms. The summed E-state index contributed by atoms with van der Waals surface area (Å²) in [7, 11) is 3.03. The molecule has 0 amide bonds. The molecular formula is C24H18ClNO4.